The number of anilines is 2. The number of nitro benzene ring substituents is 2. The van der Waals surface area contributed by atoms with Crippen molar-refractivity contribution in [3.05, 3.63) is 68.3 Å². The van der Waals surface area contributed by atoms with E-state index in [0.717, 1.165) is 6.07 Å². The molecule has 0 aliphatic rings. The fourth-order valence-corrected chi connectivity index (χ4v) is 1.85. The normalized spacial score (nSPS) is 9.90. The van der Waals surface area contributed by atoms with Crippen LogP contribution in [0.15, 0.2) is 42.5 Å². The van der Waals surface area contributed by atoms with Crippen molar-refractivity contribution in [3.8, 4) is 0 Å². The predicted octanol–water partition coefficient (Wildman–Crippen LogP) is 3.06. The van der Waals surface area contributed by atoms with Crippen molar-refractivity contribution in [2.24, 2.45) is 0 Å². The Morgan fingerprint density at radius 1 is 0.952 bits per heavy atom. The molecule has 106 valence electrons. The lowest BCUT2D eigenvalue weighted by atomic mass is 10.1. The second-order valence-corrected chi connectivity index (χ2v) is 4.02. The van der Waals surface area contributed by atoms with Crippen LogP contribution >= 0.6 is 0 Å². The molecule has 0 radical (unpaired) electrons. The van der Waals surface area contributed by atoms with Crippen molar-refractivity contribution in [2.75, 3.05) is 5.32 Å². The van der Waals surface area contributed by atoms with Gasteiger partial charge in [0.05, 0.1) is 9.85 Å². The first-order valence-corrected chi connectivity index (χ1v) is 5.77. The van der Waals surface area contributed by atoms with E-state index in [2.05, 4.69) is 5.32 Å². The van der Waals surface area contributed by atoms with Gasteiger partial charge in [0.1, 0.15) is 5.69 Å². The topological polar surface area (TPSA) is 115 Å². The molecule has 21 heavy (non-hydrogen) atoms. The number of para-hydroxylation sites is 1. The highest BCUT2D eigenvalue weighted by molar-refractivity contribution is 5.93. The number of hydrogen-bond acceptors (Lipinski definition) is 6. The van der Waals surface area contributed by atoms with E-state index in [1.54, 1.807) is 30.3 Å². The lowest BCUT2D eigenvalue weighted by molar-refractivity contribution is -0.393. The van der Waals surface area contributed by atoms with Gasteiger partial charge in [-0.05, 0) is 18.2 Å². The number of hydrogen-bond donors (Lipinski definition) is 1. The third kappa shape index (κ3) is 2.84. The number of benzene rings is 2. The van der Waals surface area contributed by atoms with Gasteiger partial charge in [0.15, 0.2) is 11.8 Å². The van der Waals surface area contributed by atoms with Crippen molar-refractivity contribution < 1.29 is 14.6 Å². The highest BCUT2D eigenvalue weighted by atomic mass is 16.6. The minimum Gasteiger partial charge on any atom is -0.350 e. The highest BCUT2D eigenvalue weighted by Gasteiger charge is 2.28. The van der Waals surface area contributed by atoms with E-state index in [1.807, 2.05) is 0 Å². The Balaban J connectivity index is 2.59. The van der Waals surface area contributed by atoms with E-state index in [4.69, 9.17) is 0 Å². The molecule has 8 nitrogen and oxygen atoms in total. The SMILES string of the molecule is O=Cc1c([N+](=O)[O-])ccc(Nc2ccccc2)c1[N+](=O)[O-]. The summed E-state index contributed by atoms with van der Waals surface area (Å²) < 4.78 is 0. The van der Waals surface area contributed by atoms with Crippen LogP contribution in [0.25, 0.3) is 0 Å². The molecule has 0 heterocycles. The largest absolute Gasteiger partial charge is 0.350 e. The van der Waals surface area contributed by atoms with Crippen molar-refractivity contribution in [1.82, 2.24) is 0 Å². The van der Waals surface area contributed by atoms with Crippen molar-refractivity contribution in [2.45, 2.75) is 0 Å². The van der Waals surface area contributed by atoms with Gasteiger partial charge >= 0.3 is 5.69 Å². The predicted molar refractivity (Wildman–Crippen MR) is 74.9 cm³/mol. The molecule has 2 aromatic carbocycles. The third-order valence-corrected chi connectivity index (χ3v) is 2.74. The second-order valence-electron chi connectivity index (χ2n) is 4.02. The summed E-state index contributed by atoms with van der Waals surface area (Å²) in [7, 11) is 0. The molecule has 0 unspecified atom stereocenters. The molecule has 2 rings (SSSR count). The van der Waals surface area contributed by atoms with Gasteiger partial charge in [-0.1, -0.05) is 18.2 Å². The molecule has 0 amide bonds. The Morgan fingerprint density at radius 2 is 1.62 bits per heavy atom. The third-order valence-electron chi connectivity index (χ3n) is 2.74. The minimum absolute atomic E-state index is 0.0129. The minimum atomic E-state index is -0.830. The van der Waals surface area contributed by atoms with Crippen LogP contribution in [0.5, 0.6) is 0 Å². The number of nitro groups is 2. The van der Waals surface area contributed by atoms with Gasteiger partial charge < -0.3 is 5.32 Å². The Bertz CT molecular complexity index is 715. The Kier molecular flexibility index (Phi) is 3.89. The van der Waals surface area contributed by atoms with Gasteiger partial charge in [-0.25, -0.2) is 0 Å². The number of nitrogens with zero attached hydrogens (tertiary/aromatic N) is 2. The zero-order valence-corrected chi connectivity index (χ0v) is 10.6. The maximum Gasteiger partial charge on any atom is 0.310 e. The summed E-state index contributed by atoms with van der Waals surface area (Å²) in [6, 6.07) is 10.8. The standard InChI is InChI=1S/C13H9N3O5/c17-8-10-12(15(18)19)7-6-11(13(10)16(20)21)14-9-4-2-1-3-5-9/h1-8,14H. The van der Waals surface area contributed by atoms with E-state index < -0.39 is 26.8 Å². The van der Waals surface area contributed by atoms with Crippen LogP contribution < -0.4 is 5.32 Å². The van der Waals surface area contributed by atoms with E-state index in [0.29, 0.717) is 5.69 Å². The van der Waals surface area contributed by atoms with Gasteiger partial charge in [-0.2, -0.15) is 0 Å². The molecular formula is C13H9N3O5. The van der Waals surface area contributed by atoms with Crippen molar-refractivity contribution >= 4 is 29.0 Å². The first kappa shape index (κ1) is 14.1. The molecule has 0 fully saturated rings. The monoisotopic (exact) mass is 287 g/mol. The van der Waals surface area contributed by atoms with E-state index >= 15 is 0 Å². The van der Waals surface area contributed by atoms with E-state index in [-0.39, 0.29) is 12.0 Å². The van der Waals surface area contributed by atoms with E-state index in [1.165, 1.54) is 6.07 Å². The summed E-state index contributed by atoms with van der Waals surface area (Å²) in [6.07, 6.45) is 0.117. The summed E-state index contributed by atoms with van der Waals surface area (Å²) in [4.78, 5) is 31.4. The molecule has 0 aliphatic carbocycles. The van der Waals surface area contributed by atoms with Crippen molar-refractivity contribution in [1.29, 1.82) is 0 Å². The summed E-state index contributed by atoms with van der Waals surface area (Å²) in [5.41, 5.74) is -1.21. The molecular weight excluding hydrogens is 278 g/mol. The van der Waals surface area contributed by atoms with Crippen LogP contribution in [0.3, 0.4) is 0 Å². The first-order chi connectivity index (χ1) is 10.0. The number of carbonyl (C=O) groups is 1. The van der Waals surface area contributed by atoms with Crippen LogP contribution in [0.2, 0.25) is 0 Å². The van der Waals surface area contributed by atoms with Gasteiger partial charge in [-0.3, -0.25) is 25.0 Å². The maximum absolute atomic E-state index is 11.2. The van der Waals surface area contributed by atoms with Crippen LogP contribution in [0.1, 0.15) is 10.4 Å². The van der Waals surface area contributed by atoms with Crippen molar-refractivity contribution in [3.63, 3.8) is 0 Å². The lowest BCUT2D eigenvalue weighted by Crippen LogP contribution is -2.04. The van der Waals surface area contributed by atoms with Gasteiger partial charge in [0, 0.05) is 11.8 Å². The molecule has 2 aromatic rings. The summed E-state index contributed by atoms with van der Waals surface area (Å²) >= 11 is 0. The summed E-state index contributed by atoms with van der Waals surface area (Å²) in [5, 5.41) is 24.8. The zero-order chi connectivity index (χ0) is 15.4. The van der Waals surface area contributed by atoms with Gasteiger partial charge in [-0.15, -0.1) is 0 Å². The number of nitrogens with one attached hydrogen (secondary N) is 1. The summed E-state index contributed by atoms with van der Waals surface area (Å²) in [5.74, 6) is 0. The van der Waals surface area contributed by atoms with Gasteiger partial charge in [0.2, 0.25) is 0 Å². The average molecular weight is 287 g/mol. The lowest BCUT2D eigenvalue weighted by Gasteiger charge is -2.08. The molecule has 0 bridgehead atoms. The molecule has 0 aliphatic heterocycles. The molecule has 8 heteroatoms. The van der Waals surface area contributed by atoms with Crippen LogP contribution in [-0.2, 0) is 0 Å². The van der Waals surface area contributed by atoms with E-state index in [9.17, 15) is 25.0 Å². The highest BCUT2D eigenvalue weighted by Crippen LogP contribution is 2.35. The fraction of sp³-hybridized carbons (Fsp3) is 0. The van der Waals surface area contributed by atoms with Crippen LogP contribution in [-0.4, -0.2) is 16.1 Å². The van der Waals surface area contributed by atoms with Gasteiger partial charge in [0.25, 0.3) is 5.69 Å². The molecule has 0 aromatic heterocycles. The maximum atomic E-state index is 11.2. The quantitative estimate of drug-likeness (QED) is 0.513. The smallest absolute Gasteiger partial charge is 0.310 e. The first-order valence-electron chi connectivity index (χ1n) is 5.77. The Morgan fingerprint density at radius 3 is 2.14 bits per heavy atom. The molecule has 0 spiro atoms. The summed E-state index contributed by atoms with van der Waals surface area (Å²) in [6.45, 7) is 0. The Hall–Kier alpha value is -3.29. The zero-order valence-electron chi connectivity index (χ0n) is 10.6. The average Bonchev–Trinajstić information content (AvgIpc) is 2.47. The van der Waals surface area contributed by atoms with Crippen LogP contribution in [0.4, 0.5) is 22.7 Å². The number of rotatable bonds is 5. The molecule has 1 N–H and O–H groups in total. The fourth-order valence-electron chi connectivity index (χ4n) is 1.85. The molecule has 0 atom stereocenters. The number of aldehydes is 1. The molecule has 0 saturated heterocycles. The Labute approximate surface area is 118 Å². The molecule has 0 saturated carbocycles. The van der Waals surface area contributed by atoms with Crippen LogP contribution in [0, 0.1) is 20.2 Å². The second kappa shape index (κ2) is 5.78. The number of carbonyl (C=O) groups excluding carboxylic acids is 1.